The minimum Gasteiger partial charge on any atom is -0.494 e. The number of benzene rings is 2. The average Bonchev–Trinajstić information content (AvgIpc) is 2.72. The molecule has 0 heterocycles. The Balaban J connectivity index is 1.66. The molecule has 0 unspecified atom stereocenters. The number of esters is 2. The van der Waals surface area contributed by atoms with Crippen LogP contribution in [-0.2, 0) is 24.3 Å². The highest BCUT2D eigenvalue weighted by Crippen LogP contribution is 2.15. The topological polar surface area (TPSA) is 108 Å². The van der Waals surface area contributed by atoms with Crippen LogP contribution in [0.1, 0.15) is 23.7 Å². The molecule has 29 heavy (non-hydrogen) atoms. The van der Waals surface area contributed by atoms with E-state index in [4.69, 9.17) is 14.2 Å². The first-order valence-corrected chi connectivity index (χ1v) is 10.5. The van der Waals surface area contributed by atoms with Crippen molar-refractivity contribution in [2.75, 3.05) is 26.4 Å². The summed E-state index contributed by atoms with van der Waals surface area (Å²) in [6, 6.07) is 14.4. The van der Waals surface area contributed by atoms with Gasteiger partial charge in [0.25, 0.3) is 0 Å². The van der Waals surface area contributed by atoms with Crippen LogP contribution in [0.4, 0.5) is 0 Å². The first kappa shape index (κ1) is 22.4. The quantitative estimate of drug-likeness (QED) is 0.437. The molecular weight excluding hydrogens is 398 g/mol. The van der Waals surface area contributed by atoms with Crippen LogP contribution in [0.3, 0.4) is 0 Å². The summed E-state index contributed by atoms with van der Waals surface area (Å²) < 4.78 is 41.9. The molecule has 2 aromatic carbocycles. The number of ether oxygens (including phenoxy) is 3. The van der Waals surface area contributed by atoms with E-state index in [1.54, 1.807) is 42.5 Å². The Morgan fingerprint density at radius 3 is 2.24 bits per heavy atom. The van der Waals surface area contributed by atoms with Crippen molar-refractivity contribution < 1.29 is 32.2 Å². The number of rotatable bonds is 11. The van der Waals surface area contributed by atoms with Crippen LogP contribution in [0.25, 0.3) is 0 Å². The highest BCUT2D eigenvalue weighted by atomic mass is 32.2. The van der Waals surface area contributed by atoms with Gasteiger partial charge in [-0.2, -0.15) is 0 Å². The second-order valence-corrected chi connectivity index (χ2v) is 7.54. The molecule has 156 valence electrons. The summed E-state index contributed by atoms with van der Waals surface area (Å²) in [7, 11) is -3.74. The first-order valence-electron chi connectivity index (χ1n) is 9.02. The molecule has 9 heteroatoms. The molecule has 0 saturated carbocycles. The number of sulfonamides is 1. The van der Waals surface area contributed by atoms with Crippen LogP contribution < -0.4 is 9.46 Å². The van der Waals surface area contributed by atoms with Gasteiger partial charge in [-0.3, -0.25) is 4.79 Å². The summed E-state index contributed by atoms with van der Waals surface area (Å²) in [4.78, 5) is 23.5. The van der Waals surface area contributed by atoms with Gasteiger partial charge >= 0.3 is 11.9 Å². The largest absolute Gasteiger partial charge is 0.494 e. The second kappa shape index (κ2) is 11.2. The summed E-state index contributed by atoms with van der Waals surface area (Å²) in [6.45, 7) is 2.01. The lowest BCUT2D eigenvalue weighted by molar-refractivity contribution is -0.144. The highest BCUT2D eigenvalue weighted by molar-refractivity contribution is 7.89. The zero-order valence-corrected chi connectivity index (χ0v) is 16.8. The Hall–Kier alpha value is -2.91. The lowest BCUT2D eigenvalue weighted by atomic mass is 10.2. The Labute approximate surface area is 169 Å². The van der Waals surface area contributed by atoms with Gasteiger partial charge < -0.3 is 14.2 Å². The van der Waals surface area contributed by atoms with Crippen LogP contribution in [0, 0.1) is 0 Å². The van der Waals surface area contributed by atoms with E-state index >= 15 is 0 Å². The molecular formula is C20H23NO7S. The maximum Gasteiger partial charge on any atom is 0.338 e. The fraction of sp³-hybridized carbons (Fsp3) is 0.300. The van der Waals surface area contributed by atoms with Gasteiger partial charge in [0.05, 0.1) is 23.5 Å². The van der Waals surface area contributed by atoms with Crippen LogP contribution in [0.2, 0.25) is 0 Å². The van der Waals surface area contributed by atoms with Crippen LogP contribution in [0.5, 0.6) is 5.75 Å². The smallest absolute Gasteiger partial charge is 0.338 e. The Kier molecular flexibility index (Phi) is 8.63. The van der Waals surface area contributed by atoms with E-state index in [0.717, 1.165) is 0 Å². The zero-order valence-electron chi connectivity index (χ0n) is 16.0. The Bertz CT molecular complexity index is 896. The van der Waals surface area contributed by atoms with Crippen LogP contribution in [-0.4, -0.2) is 46.7 Å². The van der Waals surface area contributed by atoms with Crippen molar-refractivity contribution in [3.05, 3.63) is 60.2 Å². The SMILES string of the molecule is CCOc1ccc(S(=O)(=O)NCCC(=O)OCCOC(=O)c2ccccc2)cc1. The number of carbonyl (C=O) groups is 2. The molecule has 0 bridgehead atoms. The van der Waals surface area contributed by atoms with Gasteiger partial charge in [-0.1, -0.05) is 18.2 Å². The van der Waals surface area contributed by atoms with Gasteiger partial charge in [0, 0.05) is 6.54 Å². The first-order chi connectivity index (χ1) is 13.9. The van der Waals surface area contributed by atoms with Gasteiger partial charge in [0.2, 0.25) is 10.0 Å². The summed E-state index contributed by atoms with van der Waals surface area (Å²) in [6.07, 6.45) is -0.150. The van der Waals surface area contributed by atoms with E-state index in [2.05, 4.69) is 4.72 Å². The number of carbonyl (C=O) groups excluding carboxylic acids is 2. The molecule has 0 amide bonds. The summed E-state index contributed by atoms with van der Waals surface area (Å²) in [5.74, 6) is -0.539. The third-order valence-electron chi connectivity index (χ3n) is 3.66. The number of hydrogen-bond donors (Lipinski definition) is 1. The van der Waals surface area contributed by atoms with Gasteiger partial charge in [-0.15, -0.1) is 0 Å². The van der Waals surface area contributed by atoms with Gasteiger partial charge in [-0.25, -0.2) is 17.9 Å². The average molecular weight is 421 g/mol. The van der Waals surface area contributed by atoms with E-state index in [0.29, 0.717) is 17.9 Å². The second-order valence-electron chi connectivity index (χ2n) is 5.77. The standard InChI is InChI=1S/C20H23NO7S/c1-2-26-17-8-10-18(11-9-17)29(24,25)21-13-12-19(22)27-14-15-28-20(23)16-6-4-3-5-7-16/h3-11,21H,2,12-15H2,1H3. The monoisotopic (exact) mass is 421 g/mol. The third-order valence-corrected chi connectivity index (χ3v) is 5.13. The minimum atomic E-state index is -3.74. The predicted octanol–water partition coefficient (Wildman–Crippen LogP) is 2.15. The molecule has 0 aliphatic rings. The summed E-state index contributed by atoms with van der Waals surface area (Å²) in [5, 5.41) is 0. The van der Waals surface area contributed by atoms with E-state index in [9.17, 15) is 18.0 Å². The highest BCUT2D eigenvalue weighted by Gasteiger charge is 2.15. The number of nitrogens with one attached hydrogen (secondary N) is 1. The van der Waals surface area contributed by atoms with E-state index in [1.165, 1.54) is 12.1 Å². The van der Waals surface area contributed by atoms with E-state index < -0.39 is 22.0 Å². The normalized spacial score (nSPS) is 10.9. The molecule has 0 atom stereocenters. The Morgan fingerprint density at radius 1 is 0.931 bits per heavy atom. The van der Waals surface area contributed by atoms with Crippen molar-refractivity contribution in [3.8, 4) is 5.75 Å². The van der Waals surface area contributed by atoms with Crippen LogP contribution >= 0.6 is 0 Å². The van der Waals surface area contributed by atoms with E-state index in [1.807, 2.05) is 6.92 Å². The fourth-order valence-electron chi connectivity index (χ4n) is 2.27. The molecule has 0 fully saturated rings. The van der Waals surface area contributed by atoms with Crippen molar-refractivity contribution in [3.63, 3.8) is 0 Å². The number of hydrogen-bond acceptors (Lipinski definition) is 7. The van der Waals surface area contributed by atoms with Gasteiger partial charge in [0.1, 0.15) is 19.0 Å². The molecule has 0 saturated heterocycles. The van der Waals surface area contributed by atoms with E-state index in [-0.39, 0.29) is 31.1 Å². The van der Waals surface area contributed by atoms with Crippen LogP contribution in [0.15, 0.2) is 59.5 Å². The molecule has 1 N–H and O–H groups in total. The van der Waals surface area contributed by atoms with Crippen molar-refractivity contribution in [1.29, 1.82) is 0 Å². The minimum absolute atomic E-state index is 0.0714. The molecule has 0 aliphatic heterocycles. The molecule has 0 spiro atoms. The van der Waals surface area contributed by atoms with Crippen molar-refractivity contribution in [1.82, 2.24) is 4.72 Å². The van der Waals surface area contributed by atoms with Crippen molar-refractivity contribution >= 4 is 22.0 Å². The molecule has 0 radical (unpaired) electrons. The van der Waals surface area contributed by atoms with Gasteiger partial charge in [-0.05, 0) is 43.3 Å². The fourth-order valence-corrected chi connectivity index (χ4v) is 3.30. The lowest BCUT2D eigenvalue weighted by Crippen LogP contribution is -2.27. The summed E-state index contributed by atoms with van der Waals surface area (Å²) in [5.41, 5.74) is 0.405. The predicted molar refractivity (Wildman–Crippen MR) is 105 cm³/mol. The Morgan fingerprint density at radius 2 is 1.59 bits per heavy atom. The molecule has 2 aromatic rings. The van der Waals surface area contributed by atoms with Crippen molar-refractivity contribution in [2.45, 2.75) is 18.2 Å². The maximum atomic E-state index is 12.2. The van der Waals surface area contributed by atoms with Gasteiger partial charge in [0.15, 0.2) is 0 Å². The molecule has 2 rings (SSSR count). The molecule has 8 nitrogen and oxygen atoms in total. The molecule has 0 aliphatic carbocycles. The summed E-state index contributed by atoms with van der Waals surface area (Å²) >= 11 is 0. The lowest BCUT2D eigenvalue weighted by Gasteiger charge is -2.09. The maximum absolute atomic E-state index is 12.2. The van der Waals surface area contributed by atoms with Crippen molar-refractivity contribution in [2.24, 2.45) is 0 Å². The zero-order chi connectivity index (χ0) is 21.1. The third kappa shape index (κ3) is 7.55. The molecule has 0 aromatic heterocycles.